The van der Waals surface area contributed by atoms with Crippen molar-refractivity contribution in [3.63, 3.8) is 0 Å². The minimum Gasteiger partial charge on any atom is -0.390 e. The van der Waals surface area contributed by atoms with Gasteiger partial charge in [-0.25, -0.2) is 0 Å². The number of halogens is 7. The van der Waals surface area contributed by atoms with E-state index in [4.69, 9.17) is 0 Å². The topological polar surface area (TPSA) is 20.2 Å². The summed E-state index contributed by atoms with van der Waals surface area (Å²) in [5, 5.41) is 10.1. The van der Waals surface area contributed by atoms with Crippen molar-refractivity contribution in [2.45, 2.75) is 56.2 Å². The molecule has 1 unspecified atom stereocenters. The molecule has 1 N–H and O–H groups in total. The molecule has 1 nitrogen and oxygen atoms in total. The average Bonchev–Trinajstić information content (AvgIpc) is 2.44. The van der Waals surface area contributed by atoms with Gasteiger partial charge in [-0.3, -0.25) is 0 Å². The molecule has 0 radical (unpaired) electrons. The molecular weight excluding hydrogens is 329 g/mol. The quantitative estimate of drug-likeness (QED) is 0.690. The van der Waals surface area contributed by atoms with Gasteiger partial charge in [0.1, 0.15) is 0 Å². The van der Waals surface area contributed by atoms with E-state index in [2.05, 4.69) is 0 Å². The molecule has 0 fully saturated rings. The number of benzene rings is 1. The fraction of sp³-hybridized carbons (Fsp3) is 0.600. The Balaban J connectivity index is 2.88. The molecule has 1 aromatic carbocycles. The second kappa shape index (κ2) is 6.67. The van der Waals surface area contributed by atoms with Crippen LogP contribution in [0.25, 0.3) is 0 Å². The minimum atomic E-state index is -6.38. The van der Waals surface area contributed by atoms with Crippen LogP contribution in [0.2, 0.25) is 0 Å². The Kier molecular flexibility index (Phi) is 5.72. The highest BCUT2D eigenvalue weighted by Crippen LogP contribution is 2.50. The lowest BCUT2D eigenvalue weighted by atomic mass is 9.85. The van der Waals surface area contributed by atoms with Crippen molar-refractivity contribution in [3.05, 3.63) is 35.9 Å². The van der Waals surface area contributed by atoms with E-state index in [1.807, 2.05) is 0 Å². The summed E-state index contributed by atoms with van der Waals surface area (Å²) >= 11 is 0. The SMILES string of the molecule is CCC(O)(CCc1ccccc1)CC(F)(F)C(F)(F)C(F)(F)F. The van der Waals surface area contributed by atoms with Gasteiger partial charge in [-0.1, -0.05) is 37.3 Å². The van der Waals surface area contributed by atoms with E-state index < -0.39 is 30.0 Å². The molecule has 0 heterocycles. The van der Waals surface area contributed by atoms with Gasteiger partial charge in [0.15, 0.2) is 0 Å². The molecule has 0 aliphatic heterocycles. The summed E-state index contributed by atoms with van der Waals surface area (Å²) < 4.78 is 89.3. The molecule has 23 heavy (non-hydrogen) atoms. The van der Waals surface area contributed by atoms with Crippen LogP contribution in [0.5, 0.6) is 0 Å². The van der Waals surface area contributed by atoms with Crippen LogP contribution in [0.4, 0.5) is 30.7 Å². The lowest BCUT2D eigenvalue weighted by Crippen LogP contribution is -2.55. The van der Waals surface area contributed by atoms with Crippen LogP contribution >= 0.6 is 0 Å². The van der Waals surface area contributed by atoms with E-state index in [1.165, 1.54) is 6.92 Å². The third kappa shape index (κ3) is 4.59. The Labute approximate surface area is 129 Å². The predicted molar refractivity (Wildman–Crippen MR) is 70.6 cm³/mol. The van der Waals surface area contributed by atoms with Crippen LogP contribution in [0.3, 0.4) is 0 Å². The Hall–Kier alpha value is -1.31. The van der Waals surface area contributed by atoms with E-state index in [0.717, 1.165) is 0 Å². The number of alkyl halides is 7. The third-order valence-electron chi connectivity index (χ3n) is 3.75. The van der Waals surface area contributed by atoms with Crippen LogP contribution in [0.1, 0.15) is 31.7 Å². The first-order valence-corrected chi connectivity index (χ1v) is 6.93. The van der Waals surface area contributed by atoms with Crippen molar-refractivity contribution in [1.82, 2.24) is 0 Å². The first kappa shape index (κ1) is 19.7. The van der Waals surface area contributed by atoms with E-state index in [-0.39, 0.29) is 19.3 Å². The summed E-state index contributed by atoms with van der Waals surface area (Å²) in [6.07, 6.45) is -8.99. The second-order valence-corrected chi connectivity index (χ2v) is 5.52. The highest BCUT2D eigenvalue weighted by atomic mass is 19.4. The highest BCUT2D eigenvalue weighted by molar-refractivity contribution is 5.15. The normalized spacial score (nSPS) is 16.2. The Morgan fingerprint density at radius 2 is 1.43 bits per heavy atom. The summed E-state index contributed by atoms with van der Waals surface area (Å²) in [5.41, 5.74) is -1.67. The number of hydrogen-bond donors (Lipinski definition) is 1. The molecule has 132 valence electrons. The monoisotopic (exact) mass is 346 g/mol. The Morgan fingerprint density at radius 1 is 0.913 bits per heavy atom. The molecule has 0 aliphatic carbocycles. The molecule has 0 saturated heterocycles. The van der Waals surface area contributed by atoms with Crippen molar-refractivity contribution < 1.29 is 35.8 Å². The fourth-order valence-electron chi connectivity index (χ4n) is 2.14. The third-order valence-corrected chi connectivity index (χ3v) is 3.75. The molecular formula is C15H17F7O. The fourth-order valence-corrected chi connectivity index (χ4v) is 2.14. The van der Waals surface area contributed by atoms with Gasteiger partial charge in [-0.2, -0.15) is 30.7 Å². The predicted octanol–water partition coefficient (Wildman–Crippen LogP) is 4.98. The summed E-state index contributed by atoms with van der Waals surface area (Å²) in [5.74, 6) is -11.6. The molecule has 0 aliphatic rings. The maximum Gasteiger partial charge on any atom is 0.459 e. The van der Waals surface area contributed by atoms with Crippen molar-refractivity contribution in [2.24, 2.45) is 0 Å². The number of rotatable bonds is 7. The van der Waals surface area contributed by atoms with Crippen LogP contribution in [-0.2, 0) is 6.42 Å². The smallest absolute Gasteiger partial charge is 0.390 e. The molecule has 0 saturated carbocycles. The summed E-state index contributed by atoms with van der Waals surface area (Å²) in [6.45, 7) is 1.26. The van der Waals surface area contributed by atoms with E-state index in [9.17, 15) is 35.8 Å². The maximum atomic E-state index is 13.5. The van der Waals surface area contributed by atoms with Crippen LogP contribution in [-0.4, -0.2) is 28.7 Å². The van der Waals surface area contributed by atoms with E-state index in [0.29, 0.717) is 5.56 Å². The molecule has 0 spiro atoms. The van der Waals surface area contributed by atoms with E-state index in [1.54, 1.807) is 30.3 Å². The number of aryl methyl sites for hydroxylation is 1. The summed E-state index contributed by atoms with van der Waals surface area (Å²) in [4.78, 5) is 0. The van der Waals surface area contributed by atoms with Crippen LogP contribution in [0, 0.1) is 0 Å². The molecule has 1 aromatic rings. The van der Waals surface area contributed by atoms with Gasteiger partial charge in [0, 0.05) is 6.42 Å². The Bertz CT molecular complexity index is 498. The Morgan fingerprint density at radius 3 is 1.87 bits per heavy atom. The van der Waals surface area contributed by atoms with Crippen molar-refractivity contribution >= 4 is 0 Å². The van der Waals surface area contributed by atoms with Crippen molar-refractivity contribution in [2.75, 3.05) is 0 Å². The van der Waals surface area contributed by atoms with E-state index >= 15 is 0 Å². The second-order valence-electron chi connectivity index (χ2n) is 5.52. The van der Waals surface area contributed by atoms with Gasteiger partial charge < -0.3 is 5.11 Å². The van der Waals surface area contributed by atoms with Crippen LogP contribution < -0.4 is 0 Å². The lowest BCUT2D eigenvalue weighted by Gasteiger charge is -2.35. The van der Waals surface area contributed by atoms with Gasteiger partial charge in [-0.15, -0.1) is 0 Å². The van der Waals surface area contributed by atoms with Gasteiger partial charge >= 0.3 is 18.0 Å². The van der Waals surface area contributed by atoms with Crippen molar-refractivity contribution in [1.29, 1.82) is 0 Å². The molecule has 1 rings (SSSR count). The number of aliphatic hydroxyl groups is 1. The van der Waals surface area contributed by atoms with Gasteiger partial charge in [0.2, 0.25) is 0 Å². The minimum absolute atomic E-state index is 0.0822. The average molecular weight is 346 g/mol. The summed E-state index contributed by atoms with van der Waals surface area (Å²) in [7, 11) is 0. The van der Waals surface area contributed by atoms with Gasteiger partial charge in [0.25, 0.3) is 0 Å². The zero-order valence-electron chi connectivity index (χ0n) is 12.3. The first-order chi connectivity index (χ1) is 10.3. The van der Waals surface area contributed by atoms with Gasteiger partial charge in [0.05, 0.1) is 5.60 Å². The van der Waals surface area contributed by atoms with Crippen LogP contribution in [0.15, 0.2) is 30.3 Å². The molecule has 0 amide bonds. The molecule has 0 bridgehead atoms. The highest BCUT2D eigenvalue weighted by Gasteiger charge is 2.73. The maximum absolute atomic E-state index is 13.5. The molecule has 1 atom stereocenters. The van der Waals surface area contributed by atoms with Crippen molar-refractivity contribution in [3.8, 4) is 0 Å². The zero-order chi connectivity index (χ0) is 17.9. The standard InChI is InChI=1S/C15H17F7O/c1-2-12(23,9-8-11-6-4-3-5-7-11)10-13(16,17)14(18,19)15(20,21)22/h3-7,23H,2,8-10H2,1H3. The van der Waals surface area contributed by atoms with Gasteiger partial charge in [-0.05, 0) is 24.8 Å². The lowest BCUT2D eigenvalue weighted by molar-refractivity contribution is -0.361. The largest absolute Gasteiger partial charge is 0.459 e. The number of hydrogen-bond acceptors (Lipinski definition) is 1. The zero-order valence-corrected chi connectivity index (χ0v) is 12.3. The molecule has 8 heteroatoms. The first-order valence-electron chi connectivity index (χ1n) is 6.93. The molecule has 0 aromatic heterocycles. The summed E-state index contributed by atoms with van der Waals surface area (Å²) in [6, 6.07) is 8.30.